The van der Waals surface area contributed by atoms with Crippen molar-refractivity contribution in [3.8, 4) is 0 Å². The van der Waals surface area contributed by atoms with Crippen LogP contribution in [0.15, 0.2) is 17.0 Å². The Labute approximate surface area is 85.5 Å². The van der Waals surface area contributed by atoms with Crippen molar-refractivity contribution in [1.82, 2.24) is 0 Å². The van der Waals surface area contributed by atoms with E-state index < -0.39 is 17.5 Å². The molecule has 0 saturated carbocycles. The number of rotatable bonds is 1. The van der Waals surface area contributed by atoms with Crippen molar-refractivity contribution in [2.75, 3.05) is 0 Å². The van der Waals surface area contributed by atoms with Gasteiger partial charge in [-0.05, 0) is 12.1 Å². The molecule has 0 atom stereocenters. The van der Waals surface area contributed by atoms with Gasteiger partial charge in [-0.25, -0.2) is 13.2 Å². The van der Waals surface area contributed by atoms with Crippen molar-refractivity contribution in [3.63, 3.8) is 0 Å². The molecule has 0 bridgehead atoms. The summed E-state index contributed by atoms with van der Waals surface area (Å²) in [4.78, 5) is 0.397. The molecule has 0 aliphatic carbocycles. The summed E-state index contributed by atoms with van der Waals surface area (Å²) in [6, 6.07) is 2.02. The van der Waals surface area contributed by atoms with E-state index in [-0.39, 0.29) is 4.75 Å². The molecule has 0 amide bonds. The SMILES string of the molecule is CC(C)(C)Sc1cc(F)c(F)c(F)c1. The molecule has 1 aromatic rings. The second-order valence-corrected chi connectivity index (χ2v) is 5.82. The zero-order valence-corrected chi connectivity index (χ0v) is 9.01. The Morgan fingerprint density at radius 1 is 1.00 bits per heavy atom. The van der Waals surface area contributed by atoms with Crippen LogP contribution in [0.3, 0.4) is 0 Å². The minimum Gasteiger partial charge on any atom is -0.204 e. The molecule has 0 N–H and O–H groups in total. The largest absolute Gasteiger partial charge is 0.204 e. The first-order chi connectivity index (χ1) is 6.29. The van der Waals surface area contributed by atoms with Crippen LogP contribution in [-0.4, -0.2) is 4.75 Å². The molecule has 0 unspecified atom stereocenters. The molecule has 1 rings (SSSR count). The van der Waals surface area contributed by atoms with E-state index in [0.29, 0.717) is 4.90 Å². The fraction of sp³-hybridized carbons (Fsp3) is 0.400. The molecule has 0 aliphatic heterocycles. The lowest BCUT2D eigenvalue weighted by Crippen LogP contribution is -2.07. The summed E-state index contributed by atoms with van der Waals surface area (Å²) in [5.41, 5.74) is 0. The molecular weight excluding hydrogens is 209 g/mol. The molecule has 1 aromatic carbocycles. The van der Waals surface area contributed by atoms with Gasteiger partial charge in [-0.1, -0.05) is 20.8 Å². The van der Waals surface area contributed by atoms with Gasteiger partial charge in [0.1, 0.15) is 0 Å². The van der Waals surface area contributed by atoms with Gasteiger partial charge >= 0.3 is 0 Å². The van der Waals surface area contributed by atoms with Crippen molar-refractivity contribution in [2.24, 2.45) is 0 Å². The smallest absolute Gasteiger partial charge is 0.194 e. The molecule has 0 aliphatic rings. The molecule has 14 heavy (non-hydrogen) atoms. The maximum atomic E-state index is 12.8. The van der Waals surface area contributed by atoms with Crippen LogP contribution in [0, 0.1) is 17.5 Å². The van der Waals surface area contributed by atoms with Gasteiger partial charge in [0.25, 0.3) is 0 Å². The quantitative estimate of drug-likeness (QED) is 0.509. The normalized spacial score (nSPS) is 11.9. The molecular formula is C10H11F3S. The molecule has 0 nitrogen and oxygen atoms in total. The average molecular weight is 220 g/mol. The van der Waals surface area contributed by atoms with Crippen LogP contribution < -0.4 is 0 Å². The van der Waals surface area contributed by atoms with Crippen LogP contribution in [0.4, 0.5) is 13.2 Å². The zero-order valence-electron chi connectivity index (χ0n) is 8.20. The van der Waals surface area contributed by atoms with Crippen LogP contribution >= 0.6 is 11.8 Å². The lowest BCUT2D eigenvalue weighted by Gasteiger charge is -2.17. The first kappa shape index (κ1) is 11.4. The third-order valence-corrected chi connectivity index (χ3v) is 2.47. The standard InChI is InChI=1S/C10H11F3S/c1-10(2,3)14-6-4-7(11)9(13)8(12)5-6/h4-5H,1-3H3. The summed E-state index contributed by atoms with van der Waals surface area (Å²) in [6.45, 7) is 5.74. The Balaban J connectivity index is 3.02. The third kappa shape index (κ3) is 2.94. The van der Waals surface area contributed by atoms with Crippen molar-refractivity contribution >= 4 is 11.8 Å². The van der Waals surface area contributed by atoms with Gasteiger partial charge in [-0.15, -0.1) is 11.8 Å². The predicted octanol–water partition coefficient (Wildman–Crippen LogP) is 3.99. The Bertz CT molecular complexity index is 319. The van der Waals surface area contributed by atoms with Gasteiger partial charge < -0.3 is 0 Å². The van der Waals surface area contributed by atoms with Crippen LogP contribution in [0.25, 0.3) is 0 Å². The zero-order chi connectivity index (χ0) is 10.9. The Morgan fingerprint density at radius 2 is 1.43 bits per heavy atom. The molecule has 0 aromatic heterocycles. The van der Waals surface area contributed by atoms with Gasteiger partial charge in [0.15, 0.2) is 17.5 Å². The fourth-order valence-corrected chi connectivity index (χ4v) is 1.98. The van der Waals surface area contributed by atoms with E-state index in [1.807, 2.05) is 20.8 Å². The van der Waals surface area contributed by atoms with Crippen molar-refractivity contribution in [1.29, 1.82) is 0 Å². The molecule has 4 heteroatoms. The Hall–Kier alpha value is -0.640. The lowest BCUT2D eigenvalue weighted by molar-refractivity contribution is 0.443. The second-order valence-electron chi connectivity index (χ2n) is 3.92. The van der Waals surface area contributed by atoms with Crippen LogP contribution in [0.5, 0.6) is 0 Å². The minimum atomic E-state index is -1.41. The summed E-state index contributed by atoms with van der Waals surface area (Å²) in [5.74, 6) is -3.70. The number of thioether (sulfide) groups is 1. The number of hydrogen-bond acceptors (Lipinski definition) is 1. The Kier molecular flexibility index (Phi) is 3.14. The summed E-state index contributed by atoms with van der Waals surface area (Å²) in [6.07, 6.45) is 0. The van der Waals surface area contributed by atoms with Gasteiger partial charge in [0.05, 0.1) is 0 Å². The lowest BCUT2D eigenvalue weighted by atomic mass is 10.3. The molecule has 0 fully saturated rings. The van der Waals surface area contributed by atoms with E-state index in [1.165, 1.54) is 11.8 Å². The molecule has 0 saturated heterocycles. The molecule has 0 spiro atoms. The summed E-state index contributed by atoms with van der Waals surface area (Å²) < 4.78 is 38.0. The van der Waals surface area contributed by atoms with E-state index in [1.54, 1.807) is 0 Å². The Morgan fingerprint density at radius 3 is 1.79 bits per heavy atom. The number of hydrogen-bond donors (Lipinski definition) is 0. The third-order valence-electron chi connectivity index (χ3n) is 1.38. The summed E-state index contributed by atoms with van der Waals surface area (Å²) in [7, 11) is 0. The predicted molar refractivity (Wildman–Crippen MR) is 51.9 cm³/mol. The van der Waals surface area contributed by atoms with Gasteiger partial charge in [-0.3, -0.25) is 0 Å². The summed E-state index contributed by atoms with van der Waals surface area (Å²) in [5, 5.41) is 0. The first-order valence-electron chi connectivity index (χ1n) is 4.13. The van der Waals surface area contributed by atoms with Crippen molar-refractivity contribution < 1.29 is 13.2 Å². The number of halogens is 3. The van der Waals surface area contributed by atoms with E-state index in [4.69, 9.17) is 0 Å². The second kappa shape index (κ2) is 3.85. The highest BCUT2D eigenvalue weighted by Crippen LogP contribution is 2.33. The van der Waals surface area contributed by atoms with Crippen LogP contribution in [0.2, 0.25) is 0 Å². The number of benzene rings is 1. The van der Waals surface area contributed by atoms with Gasteiger partial charge in [0, 0.05) is 9.64 Å². The topological polar surface area (TPSA) is 0 Å². The molecule has 0 heterocycles. The maximum absolute atomic E-state index is 12.8. The molecule has 78 valence electrons. The molecule has 0 radical (unpaired) electrons. The average Bonchev–Trinajstić information content (AvgIpc) is 1.96. The minimum absolute atomic E-state index is 0.156. The van der Waals surface area contributed by atoms with E-state index in [2.05, 4.69) is 0 Å². The van der Waals surface area contributed by atoms with E-state index in [0.717, 1.165) is 12.1 Å². The van der Waals surface area contributed by atoms with Gasteiger partial charge in [0.2, 0.25) is 0 Å². The highest BCUT2D eigenvalue weighted by molar-refractivity contribution is 8.00. The highest BCUT2D eigenvalue weighted by Gasteiger charge is 2.16. The first-order valence-corrected chi connectivity index (χ1v) is 4.95. The fourth-order valence-electron chi connectivity index (χ4n) is 0.945. The summed E-state index contributed by atoms with van der Waals surface area (Å²) >= 11 is 1.29. The highest BCUT2D eigenvalue weighted by atomic mass is 32.2. The maximum Gasteiger partial charge on any atom is 0.194 e. The van der Waals surface area contributed by atoms with E-state index in [9.17, 15) is 13.2 Å². The van der Waals surface area contributed by atoms with E-state index >= 15 is 0 Å². The van der Waals surface area contributed by atoms with Crippen LogP contribution in [-0.2, 0) is 0 Å². The van der Waals surface area contributed by atoms with Gasteiger partial charge in [-0.2, -0.15) is 0 Å². The van der Waals surface area contributed by atoms with Crippen LogP contribution in [0.1, 0.15) is 20.8 Å². The van der Waals surface area contributed by atoms with Crippen molar-refractivity contribution in [3.05, 3.63) is 29.6 Å². The van der Waals surface area contributed by atoms with Crippen molar-refractivity contribution in [2.45, 2.75) is 30.4 Å². The monoisotopic (exact) mass is 220 g/mol.